The minimum absolute atomic E-state index is 0.399. The number of ether oxygens (including phenoxy) is 1. The number of methoxy groups -OCH3 is 1. The topological polar surface area (TPSA) is 39.4 Å². The molecule has 0 atom stereocenters. The summed E-state index contributed by atoms with van der Waals surface area (Å²) < 4.78 is 10.1. The van der Waals surface area contributed by atoms with Gasteiger partial charge < -0.3 is 9.15 Å². The minimum atomic E-state index is -0.399. The highest BCUT2D eigenvalue weighted by atomic mass is 16.5. The van der Waals surface area contributed by atoms with Crippen LogP contribution in [0, 0.1) is 0 Å². The van der Waals surface area contributed by atoms with E-state index >= 15 is 0 Å². The van der Waals surface area contributed by atoms with Crippen LogP contribution in [0.3, 0.4) is 0 Å². The van der Waals surface area contributed by atoms with E-state index in [1.165, 1.54) is 58.1 Å². The quantitative estimate of drug-likeness (QED) is 0.271. The third kappa shape index (κ3) is 9.88. The molecule has 0 unspecified atom stereocenters. The molecule has 0 aromatic carbocycles. The largest absolute Gasteiger partial charge is 0.496 e. The summed E-state index contributed by atoms with van der Waals surface area (Å²) in [4.78, 5) is 11.3. The van der Waals surface area contributed by atoms with Crippen LogP contribution in [0.4, 0.5) is 0 Å². The van der Waals surface area contributed by atoms with Crippen LogP contribution in [-0.2, 0) is 0 Å². The second kappa shape index (κ2) is 13.4. The van der Waals surface area contributed by atoms with Crippen molar-refractivity contribution in [1.82, 2.24) is 0 Å². The molecule has 1 aromatic rings. The van der Waals surface area contributed by atoms with Crippen molar-refractivity contribution in [3.63, 3.8) is 0 Å². The third-order valence-corrected chi connectivity index (χ3v) is 3.73. The highest BCUT2D eigenvalue weighted by Crippen LogP contribution is 2.11. The summed E-state index contributed by atoms with van der Waals surface area (Å²) in [6, 6.07) is 3.02. The van der Waals surface area contributed by atoms with Crippen LogP contribution in [0.5, 0.6) is 5.75 Å². The van der Waals surface area contributed by atoms with E-state index < -0.39 is 5.63 Å². The van der Waals surface area contributed by atoms with E-state index in [9.17, 15) is 4.79 Å². The van der Waals surface area contributed by atoms with Crippen molar-refractivity contribution in [2.75, 3.05) is 7.11 Å². The Labute approximate surface area is 145 Å². The molecule has 1 aromatic heterocycles. The van der Waals surface area contributed by atoms with Gasteiger partial charge >= 0.3 is 5.63 Å². The predicted molar refractivity (Wildman–Crippen MR) is 101 cm³/mol. The SMILES string of the molecule is C/C=C/CCCCCCCC/C=C/C=C/c1cc(OC)cc(=O)o1. The van der Waals surface area contributed by atoms with Crippen molar-refractivity contribution in [2.45, 2.75) is 58.3 Å². The van der Waals surface area contributed by atoms with Gasteiger partial charge in [-0.05, 0) is 38.7 Å². The summed E-state index contributed by atoms with van der Waals surface area (Å²) >= 11 is 0. The van der Waals surface area contributed by atoms with Crippen molar-refractivity contribution >= 4 is 6.08 Å². The molecule has 0 bridgehead atoms. The first-order chi connectivity index (χ1) is 11.8. The lowest BCUT2D eigenvalue weighted by Crippen LogP contribution is -1.98. The summed E-state index contributed by atoms with van der Waals surface area (Å²) in [7, 11) is 1.53. The maximum atomic E-state index is 11.3. The van der Waals surface area contributed by atoms with Crippen LogP contribution in [0.25, 0.3) is 6.08 Å². The minimum Gasteiger partial charge on any atom is -0.496 e. The highest BCUT2D eigenvalue weighted by molar-refractivity contribution is 5.46. The molecule has 132 valence electrons. The number of allylic oxidation sites excluding steroid dienone is 5. The number of rotatable bonds is 12. The van der Waals surface area contributed by atoms with Crippen LogP contribution >= 0.6 is 0 Å². The van der Waals surface area contributed by atoms with Gasteiger partial charge in [0, 0.05) is 6.07 Å². The van der Waals surface area contributed by atoms with Gasteiger partial charge in [0.25, 0.3) is 0 Å². The zero-order valence-electron chi connectivity index (χ0n) is 15.0. The van der Waals surface area contributed by atoms with E-state index in [1.807, 2.05) is 12.2 Å². The van der Waals surface area contributed by atoms with Crippen molar-refractivity contribution in [3.05, 3.63) is 58.7 Å². The van der Waals surface area contributed by atoms with Gasteiger partial charge in [-0.1, -0.05) is 56.1 Å². The molecule has 24 heavy (non-hydrogen) atoms. The maximum Gasteiger partial charge on any atom is 0.339 e. The van der Waals surface area contributed by atoms with Crippen LogP contribution in [-0.4, -0.2) is 7.11 Å². The Hall–Kier alpha value is -2.03. The fourth-order valence-electron chi connectivity index (χ4n) is 2.40. The van der Waals surface area contributed by atoms with Crippen LogP contribution < -0.4 is 10.4 Å². The first-order valence-corrected chi connectivity index (χ1v) is 8.90. The Kier molecular flexibility index (Phi) is 11.2. The van der Waals surface area contributed by atoms with Gasteiger partial charge in [-0.3, -0.25) is 0 Å². The molecule has 3 nitrogen and oxygen atoms in total. The summed E-state index contributed by atoms with van der Waals surface area (Å²) in [5.41, 5.74) is -0.399. The van der Waals surface area contributed by atoms with Crippen molar-refractivity contribution in [2.24, 2.45) is 0 Å². The maximum absolute atomic E-state index is 11.3. The molecule has 1 heterocycles. The smallest absolute Gasteiger partial charge is 0.339 e. The lowest BCUT2D eigenvalue weighted by Gasteiger charge is -1.99. The number of hydrogen-bond acceptors (Lipinski definition) is 3. The molecule has 0 N–H and O–H groups in total. The predicted octanol–water partition coefficient (Wildman–Crippen LogP) is 5.91. The van der Waals surface area contributed by atoms with E-state index in [0.29, 0.717) is 11.5 Å². The molecule has 0 spiro atoms. The first-order valence-electron chi connectivity index (χ1n) is 8.90. The lowest BCUT2D eigenvalue weighted by atomic mass is 10.1. The van der Waals surface area contributed by atoms with Gasteiger partial charge in [0.2, 0.25) is 0 Å². The Morgan fingerprint density at radius 1 is 0.958 bits per heavy atom. The molecular formula is C21H30O3. The molecular weight excluding hydrogens is 300 g/mol. The molecule has 0 aliphatic heterocycles. The van der Waals surface area contributed by atoms with Crippen molar-refractivity contribution < 1.29 is 9.15 Å². The van der Waals surface area contributed by atoms with E-state index in [1.54, 1.807) is 12.1 Å². The Bertz CT molecular complexity index is 579. The van der Waals surface area contributed by atoms with E-state index in [-0.39, 0.29) is 0 Å². The van der Waals surface area contributed by atoms with E-state index in [0.717, 1.165) is 6.42 Å². The Balaban J connectivity index is 2.11. The Morgan fingerprint density at radius 2 is 1.62 bits per heavy atom. The zero-order valence-corrected chi connectivity index (χ0v) is 15.0. The van der Waals surface area contributed by atoms with E-state index in [4.69, 9.17) is 9.15 Å². The van der Waals surface area contributed by atoms with Gasteiger partial charge in [0.1, 0.15) is 11.5 Å². The van der Waals surface area contributed by atoms with Gasteiger partial charge in [0.15, 0.2) is 0 Å². The number of hydrogen-bond donors (Lipinski definition) is 0. The summed E-state index contributed by atoms with van der Waals surface area (Å²) in [6.45, 7) is 2.08. The normalized spacial score (nSPS) is 11.9. The monoisotopic (exact) mass is 330 g/mol. The molecule has 0 saturated carbocycles. The molecule has 0 fully saturated rings. The Morgan fingerprint density at radius 3 is 2.29 bits per heavy atom. The van der Waals surface area contributed by atoms with Crippen molar-refractivity contribution in [3.8, 4) is 5.75 Å². The average Bonchev–Trinajstić information content (AvgIpc) is 2.58. The summed E-state index contributed by atoms with van der Waals surface area (Å²) in [5, 5.41) is 0. The molecule has 0 aliphatic rings. The van der Waals surface area contributed by atoms with Gasteiger partial charge in [-0.15, -0.1) is 0 Å². The summed E-state index contributed by atoms with van der Waals surface area (Å²) in [5.74, 6) is 1.02. The molecule has 0 amide bonds. The zero-order chi connectivity index (χ0) is 17.5. The highest BCUT2D eigenvalue weighted by Gasteiger charge is 1.97. The van der Waals surface area contributed by atoms with Crippen LogP contribution in [0.2, 0.25) is 0 Å². The van der Waals surface area contributed by atoms with Crippen molar-refractivity contribution in [1.29, 1.82) is 0 Å². The van der Waals surface area contributed by atoms with Crippen LogP contribution in [0.1, 0.15) is 64.1 Å². The molecule has 0 radical (unpaired) electrons. The average molecular weight is 330 g/mol. The third-order valence-electron chi connectivity index (χ3n) is 3.73. The van der Waals surface area contributed by atoms with E-state index in [2.05, 4.69) is 25.2 Å². The van der Waals surface area contributed by atoms with Gasteiger partial charge in [0.05, 0.1) is 13.2 Å². The molecule has 1 rings (SSSR count). The lowest BCUT2D eigenvalue weighted by molar-refractivity contribution is 0.400. The second-order valence-electron chi connectivity index (χ2n) is 5.77. The van der Waals surface area contributed by atoms with Gasteiger partial charge in [-0.25, -0.2) is 4.79 Å². The first kappa shape index (κ1) is 20.0. The second-order valence-corrected chi connectivity index (χ2v) is 5.77. The molecule has 3 heteroatoms. The van der Waals surface area contributed by atoms with Crippen LogP contribution in [0.15, 0.2) is 51.7 Å². The van der Waals surface area contributed by atoms with Gasteiger partial charge in [-0.2, -0.15) is 0 Å². The fraction of sp³-hybridized carbons (Fsp3) is 0.476. The summed E-state index contributed by atoms with van der Waals surface area (Å²) in [6.07, 6.45) is 22.3. The standard InChI is InChI=1S/C21H30O3/c1-3-4-5-6-7-8-9-10-11-12-13-14-15-16-19-17-20(23-2)18-21(22)24-19/h3-4,13-18H,5-12H2,1-2H3/b4-3+,14-13+,16-15+. The number of unbranched alkanes of at least 4 members (excludes halogenated alkanes) is 7. The molecule has 0 saturated heterocycles. The molecule has 0 aliphatic carbocycles. The fourth-order valence-corrected chi connectivity index (χ4v) is 2.40.